The Bertz CT molecular complexity index is 323. The van der Waals surface area contributed by atoms with Crippen molar-refractivity contribution in [2.24, 2.45) is 0 Å². The summed E-state index contributed by atoms with van der Waals surface area (Å²) in [5, 5.41) is 10.5. The van der Waals surface area contributed by atoms with Gasteiger partial charge < -0.3 is 19.4 Å². The summed E-state index contributed by atoms with van der Waals surface area (Å²) in [6.45, 7) is 12.7. The standard InChI is InChI=1S/C14H25NO6/c1-6-14(16)20-9-12(4)18-8-11(3)19-10-13(5)21-15(17)7-2/h6-7,11-13,15H,1-2,8-10H2,3-5H3. The molecule has 21 heavy (non-hydrogen) atoms. The first kappa shape index (κ1) is 19.8. The molecule has 0 aromatic carbocycles. The van der Waals surface area contributed by atoms with E-state index in [0.717, 1.165) is 12.3 Å². The van der Waals surface area contributed by atoms with Gasteiger partial charge in [0, 0.05) is 6.08 Å². The minimum atomic E-state index is -0.479. The highest BCUT2D eigenvalue weighted by atomic mass is 16.9. The maximum absolute atomic E-state index is 11.0. The van der Waals surface area contributed by atoms with Crippen LogP contribution in [0.15, 0.2) is 25.4 Å². The first-order chi connectivity index (χ1) is 9.88. The van der Waals surface area contributed by atoms with Gasteiger partial charge in [-0.05, 0) is 27.4 Å². The molecule has 0 saturated carbocycles. The molecule has 0 radical (unpaired) electrons. The van der Waals surface area contributed by atoms with E-state index in [4.69, 9.17) is 19.0 Å². The van der Waals surface area contributed by atoms with E-state index in [1.807, 2.05) is 6.92 Å². The van der Waals surface area contributed by atoms with Gasteiger partial charge >= 0.3 is 5.97 Å². The van der Waals surface area contributed by atoms with Crippen molar-refractivity contribution < 1.29 is 29.1 Å². The summed E-state index contributed by atoms with van der Waals surface area (Å²) in [5.74, 6) is -0.479. The highest BCUT2D eigenvalue weighted by Gasteiger charge is 2.12. The van der Waals surface area contributed by atoms with E-state index in [2.05, 4.69) is 13.2 Å². The second-order valence-electron chi connectivity index (χ2n) is 4.57. The molecule has 0 aromatic heterocycles. The molecule has 0 bridgehead atoms. The van der Waals surface area contributed by atoms with Crippen molar-refractivity contribution in [2.45, 2.75) is 39.1 Å². The lowest BCUT2D eigenvalue weighted by Gasteiger charge is -2.22. The fourth-order valence-electron chi connectivity index (χ4n) is 1.23. The van der Waals surface area contributed by atoms with E-state index in [1.54, 1.807) is 13.8 Å². The third kappa shape index (κ3) is 11.1. The number of carbonyl (C=O) groups excluding carboxylic acids is 1. The second-order valence-corrected chi connectivity index (χ2v) is 4.57. The molecule has 4 unspecified atom stereocenters. The van der Waals surface area contributed by atoms with Crippen molar-refractivity contribution in [3.05, 3.63) is 30.6 Å². The van der Waals surface area contributed by atoms with Gasteiger partial charge in [-0.1, -0.05) is 6.58 Å². The molecule has 0 heterocycles. The van der Waals surface area contributed by atoms with Crippen LogP contribution < -0.4 is 5.23 Å². The molecule has 0 aliphatic carbocycles. The molecular weight excluding hydrogens is 278 g/mol. The molecule has 7 nitrogen and oxygen atoms in total. The van der Waals surface area contributed by atoms with Gasteiger partial charge in [-0.2, -0.15) is 10.1 Å². The lowest BCUT2D eigenvalue weighted by Crippen LogP contribution is -3.01. The van der Waals surface area contributed by atoms with Crippen molar-refractivity contribution in [3.63, 3.8) is 0 Å². The Morgan fingerprint density at radius 2 is 1.62 bits per heavy atom. The van der Waals surface area contributed by atoms with Crippen LogP contribution in [-0.4, -0.2) is 44.1 Å². The summed E-state index contributed by atoms with van der Waals surface area (Å²) >= 11 is 0. The van der Waals surface area contributed by atoms with Crippen LogP contribution in [0.5, 0.6) is 0 Å². The number of nitrogens with one attached hydrogen (secondary N) is 1. The lowest BCUT2D eigenvalue weighted by atomic mass is 10.4. The van der Waals surface area contributed by atoms with Crippen LogP contribution in [0.2, 0.25) is 0 Å². The van der Waals surface area contributed by atoms with Gasteiger partial charge in [-0.15, -0.1) is 0 Å². The molecule has 0 spiro atoms. The second kappa shape index (κ2) is 11.4. The summed E-state index contributed by atoms with van der Waals surface area (Å²) in [7, 11) is 0. The van der Waals surface area contributed by atoms with E-state index in [1.165, 1.54) is 0 Å². The van der Waals surface area contributed by atoms with Gasteiger partial charge in [0.2, 0.25) is 0 Å². The first-order valence-electron chi connectivity index (χ1n) is 6.74. The van der Waals surface area contributed by atoms with Crippen LogP contribution in [0.25, 0.3) is 0 Å². The van der Waals surface area contributed by atoms with Crippen molar-refractivity contribution in [1.29, 1.82) is 0 Å². The maximum atomic E-state index is 11.0. The number of quaternary nitrogens is 1. The Morgan fingerprint density at radius 3 is 2.14 bits per heavy atom. The Balaban J connectivity index is 3.74. The molecule has 7 heteroatoms. The van der Waals surface area contributed by atoms with Crippen LogP contribution in [0.1, 0.15) is 20.8 Å². The van der Waals surface area contributed by atoms with E-state index in [-0.39, 0.29) is 31.5 Å². The molecule has 4 atom stereocenters. The highest BCUT2D eigenvalue weighted by molar-refractivity contribution is 5.81. The SMILES string of the molecule is C=CC(=O)OCC(C)OCC(C)OCC(C)O[NH+]([O-])C=C. The lowest BCUT2D eigenvalue weighted by molar-refractivity contribution is -1.01. The summed E-state index contributed by atoms with van der Waals surface area (Å²) in [6.07, 6.45) is 1.44. The number of hydrogen-bond acceptors (Lipinski definition) is 6. The molecule has 0 aliphatic heterocycles. The van der Waals surface area contributed by atoms with E-state index in [9.17, 15) is 10.0 Å². The number of rotatable bonds is 12. The molecule has 0 amide bonds. The average Bonchev–Trinajstić information content (AvgIpc) is 2.47. The number of hydrogen-bond donors (Lipinski definition) is 1. The summed E-state index contributed by atoms with van der Waals surface area (Å²) in [4.78, 5) is 15.8. The molecule has 122 valence electrons. The first-order valence-corrected chi connectivity index (χ1v) is 6.74. The number of ether oxygens (including phenoxy) is 3. The van der Waals surface area contributed by atoms with Crippen molar-refractivity contribution in [3.8, 4) is 0 Å². The summed E-state index contributed by atoms with van der Waals surface area (Å²) < 4.78 is 15.8. The van der Waals surface area contributed by atoms with Crippen LogP contribution in [0.3, 0.4) is 0 Å². The molecule has 0 aliphatic rings. The Labute approximate surface area is 125 Å². The van der Waals surface area contributed by atoms with Gasteiger partial charge in [0.1, 0.15) is 18.9 Å². The van der Waals surface area contributed by atoms with Crippen molar-refractivity contribution >= 4 is 5.97 Å². The molecular formula is C14H25NO6. The van der Waals surface area contributed by atoms with Crippen LogP contribution in [0, 0.1) is 5.21 Å². The zero-order valence-corrected chi connectivity index (χ0v) is 12.9. The van der Waals surface area contributed by atoms with Gasteiger partial charge in [0.05, 0.1) is 25.4 Å². The summed E-state index contributed by atoms with van der Waals surface area (Å²) in [6, 6.07) is 0. The molecule has 0 fully saturated rings. The number of carbonyl (C=O) groups is 1. The van der Waals surface area contributed by atoms with Gasteiger partial charge in [-0.25, -0.2) is 4.79 Å². The largest absolute Gasteiger partial charge is 0.595 e. The van der Waals surface area contributed by atoms with Crippen molar-refractivity contribution in [1.82, 2.24) is 0 Å². The quantitative estimate of drug-likeness (QED) is 0.319. The summed E-state index contributed by atoms with van der Waals surface area (Å²) in [5.41, 5.74) is 0. The minimum Gasteiger partial charge on any atom is -0.595 e. The zero-order valence-electron chi connectivity index (χ0n) is 12.9. The zero-order chi connectivity index (χ0) is 16.3. The molecule has 0 saturated heterocycles. The highest BCUT2D eigenvalue weighted by Crippen LogP contribution is 2.00. The fourth-order valence-corrected chi connectivity index (χ4v) is 1.23. The molecule has 0 rings (SSSR count). The van der Waals surface area contributed by atoms with Gasteiger partial charge in [0.25, 0.3) is 0 Å². The molecule has 1 N–H and O–H groups in total. The van der Waals surface area contributed by atoms with Crippen LogP contribution >= 0.6 is 0 Å². The maximum Gasteiger partial charge on any atom is 0.330 e. The Hall–Kier alpha value is -1.25. The smallest absolute Gasteiger partial charge is 0.330 e. The predicted octanol–water partition coefficient (Wildman–Crippen LogP) is 0.372. The fraction of sp³-hybridized carbons (Fsp3) is 0.643. The Kier molecular flexibility index (Phi) is 10.7. The topological polar surface area (TPSA) is 81.5 Å². The number of hydroxylamine groups is 2. The van der Waals surface area contributed by atoms with Crippen LogP contribution in [0.4, 0.5) is 0 Å². The number of esters is 1. The van der Waals surface area contributed by atoms with Crippen LogP contribution in [-0.2, 0) is 23.8 Å². The minimum absolute atomic E-state index is 0.158. The van der Waals surface area contributed by atoms with Gasteiger partial charge in [-0.3, -0.25) is 0 Å². The van der Waals surface area contributed by atoms with Gasteiger partial charge in [0.15, 0.2) is 0 Å². The average molecular weight is 303 g/mol. The van der Waals surface area contributed by atoms with E-state index < -0.39 is 11.2 Å². The molecule has 0 aromatic rings. The third-order valence-corrected chi connectivity index (χ3v) is 2.34. The van der Waals surface area contributed by atoms with E-state index in [0.29, 0.717) is 6.61 Å². The predicted molar refractivity (Wildman–Crippen MR) is 77.1 cm³/mol. The normalized spacial score (nSPS) is 16.6. The monoisotopic (exact) mass is 303 g/mol. The third-order valence-electron chi connectivity index (χ3n) is 2.34. The van der Waals surface area contributed by atoms with Crippen molar-refractivity contribution in [2.75, 3.05) is 19.8 Å². The Morgan fingerprint density at radius 1 is 1.10 bits per heavy atom. The van der Waals surface area contributed by atoms with E-state index >= 15 is 0 Å².